The van der Waals surface area contributed by atoms with Gasteiger partial charge in [0.2, 0.25) is 0 Å². The Morgan fingerprint density at radius 2 is 2.26 bits per heavy atom. The maximum atomic E-state index is 4.25. The van der Waals surface area contributed by atoms with Crippen LogP contribution in [0, 0.1) is 12.8 Å². The van der Waals surface area contributed by atoms with E-state index in [0.717, 1.165) is 13.1 Å². The van der Waals surface area contributed by atoms with Gasteiger partial charge < -0.3 is 5.32 Å². The summed E-state index contributed by atoms with van der Waals surface area (Å²) < 4.78 is 1.17. The van der Waals surface area contributed by atoms with Crippen LogP contribution in [0.25, 0.3) is 5.57 Å². The summed E-state index contributed by atoms with van der Waals surface area (Å²) in [4.78, 5) is 2.48. The van der Waals surface area contributed by atoms with Crippen LogP contribution in [0.2, 0.25) is 0 Å². The summed E-state index contributed by atoms with van der Waals surface area (Å²) in [5.41, 5.74) is 5.79. The van der Waals surface area contributed by atoms with Crippen LogP contribution in [0.5, 0.6) is 0 Å². The van der Waals surface area contributed by atoms with E-state index in [2.05, 4.69) is 58.3 Å². The fourth-order valence-corrected chi connectivity index (χ4v) is 4.44. The largest absolute Gasteiger partial charge is 0.384 e. The molecule has 3 aliphatic rings. The first-order valence-corrected chi connectivity index (χ1v) is 7.75. The summed E-state index contributed by atoms with van der Waals surface area (Å²) in [6, 6.07) is 5.08. The van der Waals surface area contributed by atoms with Gasteiger partial charge in [0.1, 0.15) is 0 Å². The second kappa shape index (κ2) is 4.10. The summed E-state index contributed by atoms with van der Waals surface area (Å²) in [6.45, 7) is 6.41. The predicted octanol–water partition coefficient (Wildman–Crippen LogP) is 3.51. The predicted molar refractivity (Wildman–Crippen MR) is 83.2 cm³/mol. The lowest BCUT2D eigenvalue weighted by atomic mass is 9.75. The molecule has 4 rings (SSSR count). The van der Waals surface area contributed by atoms with Crippen LogP contribution in [-0.4, -0.2) is 31.1 Å². The minimum Gasteiger partial charge on any atom is -0.384 e. The average Bonchev–Trinajstić information content (AvgIpc) is 2.74. The van der Waals surface area contributed by atoms with Crippen LogP contribution < -0.4 is 5.32 Å². The topological polar surface area (TPSA) is 15.3 Å². The van der Waals surface area contributed by atoms with Crippen molar-refractivity contribution in [1.82, 2.24) is 4.90 Å². The van der Waals surface area contributed by atoms with Crippen molar-refractivity contribution in [3.05, 3.63) is 40.7 Å². The summed E-state index contributed by atoms with van der Waals surface area (Å²) in [7, 11) is 2.24. The zero-order chi connectivity index (χ0) is 13.1. The van der Waals surface area contributed by atoms with E-state index < -0.39 is 0 Å². The molecule has 0 bridgehead atoms. The number of rotatable bonds is 0. The zero-order valence-electron chi connectivity index (χ0n) is 11.1. The van der Waals surface area contributed by atoms with E-state index in [-0.39, 0.29) is 0 Å². The van der Waals surface area contributed by atoms with Crippen molar-refractivity contribution in [1.29, 1.82) is 0 Å². The number of nitrogens with one attached hydrogen (secondary N) is 1. The van der Waals surface area contributed by atoms with Gasteiger partial charge in [0.25, 0.3) is 0 Å². The van der Waals surface area contributed by atoms with Gasteiger partial charge in [0.05, 0.1) is 0 Å². The lowest BCUT2D eigenvalue weighted by Crippen LogP contribution is -2.42. The van der Waals surface area contributed by atoms with Crippen molar-refractivity contribution in [2.45, 2.75) is 18.4 Å². The van der Waals surface area contributed by atoms with E-state index in [0.29, 0.717) is 17.9 Å². The Morgan fingerprint density at radius 3 is 3.11 bits per heavy atom. The fraction of sp³-hybridized carbons (Fsp3) is 0.438. The van der Waals surface area contributed by atoms with Gasteiger partial charge in [0.15, 0.2) is 0 Å². The molecular formula is C16H18BrN2. The number of fused-ring (bicyclic) bond motifs is 2. The Bertz CT molecular complexity index is 578. The van der Waals surface area contributed by atoms with Crippen LogP contribution in [0.3, 0.4) is 0 Å². The van der Waals surface area contributed by atoms with Crippen LogP contribution in [-0.2, 0) is 0 Å². The van der Waals surface area contributed by atoms with E-state index in [1.165, 1.54) is 33.3 Å². The lowest BCUT2D eigenvalue weighted by Gasteiger charge is -2.41. The van der Waals surface area contributed by atoms with E-state index in [1.807, 2.05) is 0 Å². The Morgan fingerprint density at radius 1 is 1.42 bits per heavy atom. The number of nitrogens with zero attached hydrogens (tertiary/aromatic N) is 1. The quantitative estimate of drug-likeness (QED) is 0.787. The number of halogens is 1. The Hall–Kier alpha value is -0.800. The number of benzene rings is 1. The van der Waals surface area contributed by atoms with Gasteiger partial charge in [-0.25, -0.2) is 0 Å². The zero-order valence-corrected chi connectivity index (χ0v) is 12.7. The van der Waals surface area contributed by atoms with E-state index in [9.17, 15) is 0 Å². The molecular weight excluding hydrogens is 300 g/mol. The van der Waals surface area contributed by atoms with Gasteiger partial charge in [0, 0.05) is 35.2 Å². The van der Waals surface area contributed by atoms with Gasteiger partial charge in [-0.05, 0) is 55.1 Å². The maximum absolute atomic E-state index is 4.25. The molecule has 3 atom stereocenters. The molecule has 0 fully saturated rings. The number of likely N-dealkylation sites (N-methyl/N-ethyl adjacent to an activating group) is 1. The molecule has 2 nitrogen and oxygen atoms in total. The third-order valence-corrected chi connectivity index (χ3v) is 5.20. The first-order chi connectivity index (χ1) is 9.13. The van der Waals surface area contributed by atoms with Crippen molar-refractivity contribution in [2.75, 3.05) is 25.5 Å². The van der Waals surface area contributed by atoms with Crippen LogP contribution in [0.4, 0.5) is 5.69 Å². The summed E-state index contributed by atoms with van der Waals surface area (Å²) >= 11 is 3.65. The Kier molecular flexibility index (Phi) is 2.58. The highest BCUT2D eigenvalue weighted by molar-refractivity contribution is 9.10. The van der Waals surface area contributed by atoms with Crippen molar-refractivity contribution >= 4 is 27.2 Å². The van der Waals surface area contributed by atoms with E-state index >= 15 is 0 Å². The second-order valence-corrected chi connectivity index (χ2v) is 6.98. The lowest BCUT2D eigenvalue weighted by molar-refractivity contribution is 0.240. The first kappa shape index (κ1) is 12.0. The van der Waals surface area contributed by atoms with Crippen molar-refractivity contribution in [2.24, 2.45) is 5.92 Å². The molecule has 19 heavy (non-hydrogen) atoms. The number of anilines is 1. The highest BCUT2D eigenvalue weighted by Crippen LogP contribution is 2.49. The van der Waals surface area contributed by atoms with Crippen LogP contribution in [0.15, 0.2) is 22.7 Å². The van der Waals surface area contributed by atoms with E-state index in [1.54, 1.807) is 0 Å². The molecule has 3 heteroatoms. The van der Waals surface area contributed by atoms with Crippen molar-refractivity contribution < 1.29 is 0 Å². The smallest absolute Gasteiger partial charge is 0.0393 e. The molecule has 1 aromatic rings. The summed E-state index contributed by atoms with van der Waals surface area (Å²) in [5, 5.41) is 3.57. The molecule has 1 aliphatic carbocycles. The number of hydrogen-bond acceptors (Lipinski definition) is 2. The Labute approximate surface area is 123 Å². The van der Waals surface area contributed by atoms with Crippen molar-refractivity contribution in [3.8, 4) is 0 Å². The monoisotopic (exact) mass is 317 g/mol. The highest BCUT2D eigenvalue weighted by atomic mass is 79.9. The van der Waals surface area contributed by atoms with E-state index in [4.69, 9.17) is 0 Å². The SMILES string of the molecule is [CH2][C@@H]1C=C2c3cc(Br)cc4c3C(CN4)C[C@H]2N(C)C1. The molecule has 2 aliphatic heterocycles. The molecule has 0 aromatic heterocycles. The van der Waals surface area contributed by atoms with Gasteiger partial charge in [-0.15, -0.1) is 0 Å². The second-order valence-electron chi connectivity index (χ2n) is 6.07. The van der Waals surface area contributed by atoms with Crippen molar-refractivity contribution in [3.63, 3.8) is 0 Å². The highest BCUT2D eigenvalue weighted by Gasteiger charge is 2.39. The minimum atomic E-state index is 0.400. The van der Waals surface area contributed by atoms with Crippen LogP contribution >= 0.6 is 15.9 Å². The summed E-state index contributed by atoms with van der Waals surface area (Å²) in [5.74, 6) is 1.07. The molecule has 1 unspecified atom stereocenters. The third kappa shape index (κ3) is 1.71. The standard InChI is InChI=1S/C16H18BrN2/c1-9-3-12-13-5-11(17)6-14-16(13)10(7-18-14)4-15(12)19(2)8-9/h3,5-6,9-10,15,18H,1,4,7-8H2,2H3/t9-,10?,15-/m1/s1. The van der Waals surface area contributed by atoms with Gasteiger partial charge in [-0.1, -0.05) is 22.0 Å². The molecule has 2 heterocycles. The van der Waals surface area contributed by atoms with Gasteiger partial charge >= 0.3 is 0 Å². The molecule has 1 N–H and O–H groups in total. The molecule has 0 spiro atoms. The molecule has 0 amide bonds. The molecule has 99 valence electrons. The molecule has 1 radical (unpaired) electrons. The summed E-state index contributed by atoms with van der Waals surface area (Å²) in [6.07, 6.45) is 3.63. The maximum Gasteiger partial charge on any atom is 0.0393 e. The Balaban J connectivity index is 1.94. The van der Waals surface area contributed by atoms with Gasteiger partial charge in [-0.3, -0.25) is 4.90 Å². The average molecular weight is 318 g/mol. The van der Waals surface area contributed by atoms with Crippen LogP contribution in [0.1, 0.15) is 23.5 Å². The number of hydrogen-bond donors (Lipinski definition) is 1. The normalized spacial score (nSPS) is 32.4. The third-order valence-electron chi connectivity index (χ3n) is 4.74. The molecule has 0 saturated carbocycles. The molecule has 0 saturated heterocycles. The first-order valence-electron chi connectivity index (χ1n) is 6.96. The minimum absolute atomic E-state index is 0.400. The fourth-order valence-electron chi connectivity index (χ4n) is 3.98. The molecule has 1 aromatic carbocycles. The van der Waals surface area contributed by atoms with Gasteiger partial charge in [-0.2, -0.15) is 0 Å².